The van der Waals surface area contributed by atoms with Crippen molar-refractivity contribution in [2.75, 3.05) is 17.3 Å². The normalized spacial score (nSPS) is 24.0. The summed E-state index contributed by atoms with van der Waals surface area (Å²) in [5, 5.41) is 0.483. The average molecular weight is 309 g/mol. The summed E-state index contributed by atoms with van der Waals surface area (Å²) in [5.74, 6) is 10.0. The predicted molar refractivity (Wildman–Crippen MR) is 70.0 cm³/mol. The van der Waals surface area contributed by atoms with Gasteiger partial charge < -0.3 is 4.42 Å². The zero-order valence-corrected chi connectivity index (χ0v) is 11.3. The van der Waals surface area contributed by atoms with E-state index in [1.54, 1.807) is 6.26 Å². The van der Waals surface area contributed by atoms with Gasteiger partial charge in [0, 0.05) is 22.5 Å². The first-order chi connectivity index (χ1) is 7.33. The number of nitrogens with two attached hydrogens (primary N) is 1. The molecule has 6 heteroatoms. The summed E-state index contributed by atoms with van der Waals surface area (Å²) >= 11 is 7.40. The predicted octanol–water partition coefficient (Wildman–Crippen LogP) is 2.40. The van der Waals surface area contributed by atoms with Gasteiger partial charge in [-0.1, -0.05) is 0 Å². The Morgan fingerprint density at radius 1 is 1.60 bits per heavy atom. The van der Waals surface area contributed by atoms with Crippen molar-refractivity contribution in [2.24, 2.45) is 5.84 Å². The van der Waals surface area contributed by atoms with E-state index in [4.69, 9.17) is 10.3 Å². The maximum Gasteiger partial charge on any atom is 0.137 e. The van der Waals surface area contributed by atoms with Gasteiger partial charge in [0.25, 0.3) is 0 Å². The smallest absolute Gasteiger partial charge is 0.137 e. The van der Waals surface area contributed by atoms with E-state index >= 15 is 0 Å². The quantitative estimate of drug-likeness (QED) is 0.663. The second-order valence-corrected chi connectivity index (χ2v) is 6.61. The topological polar surface area (TPSA) is 51.2 Å². The summed E-state index contributed by atoms with van der Waals surface area (Å²) in [5.41, 5.74) is 2.86. The molecule has 2 unspecified atom stereocenters. The monoisotopic (exact) mass is 308 g/mol. The Kier molecular flexibility index (Phi) is 4.45. The van der Waals surface area contributed by atoms with Crippen LogP contribution in [0.1, 0.15) is 11.8 Å². The first-order valence-corrected chi connectivity index (χ1v) is 7.71. The van der Waals surface area contributed by atoms with E-state index in [1.807, 2.05) is 29.6 Å². The Balaban J connectivity index is 2.12. The molecule has 0 aromatic carbocycles. The molecule has 0 radical (unpaired) electrons. The van der Waals surface area contributed by atoms with Gasteiger partial charge in [0.2, 0.25) is 0 Å². The van der Waals surface area contributed by atoms with Crippen molar-refractivity contribution in [1.29, 1.82) is 0 Å². The third-order valence-corrected chi connectivity index (χ3v) is 5.84. The van der Waals surface area contributed by atoms with Gasteiger partial charge in [-0.3, -0.25) is 5.84 Å². The number of rotatable bonds is 3. The van der Waals surface area contributed by atoms with Crippen LogP contribution in [0.2, 0.25) is 0 Å². The molecule has 1 aliphatic heterocycles. The van der Waals surface area contributed by atoms with E-state index in [0.29, 0.717) is 5.25 Å². The van der Waals surface area contributed by atoms with Gasteiger partial charge in [-0.2, -0.15) is 23.5 Å². The molecule has 1 aliphatic rings. The average Bonchev–Trinajstić information content (AvgIpc) is 2.68. The Morgan fingerprint density at radius 2 is 2.47 bits per heavy atom. The molecule has 15 heavy (non-hydrogen) atoms. The van der Waals surface area contributed by atoms with Crippen molar-refractivity contribution in [3.63, 3.8) is 0 Å². The first-order valence-electron chi connectivity index (χ1n) is 4.71. The number of halogens is 1. The van der Waals surface area contributed by atoms with Gasteiger partial charge in [0.15, 0.2) is 0 Å². The van der Waals surface area contributed by atoms with Crippen LogP contribution >= 0.6 is 39.5 Å². The summed E-state index contributed by atoms with van der Waals surface area (Å²) < 4.78 is 6.45. The van der Waals surface area contributed by atoms with Crippen LogP contribution < -0.4 is 11.3 Å². The molecule has 0 saturated carbocycles. The first kappa shape index (κ1) is 11.9. The number of nitrogens with one attached hydrogen (secondary N) is 1. The second-order valence-electron chi connectivity index (χ2n) is 3.26. The number of hydrogen-bond acceptors (Lipinski definition) is 5. The molecule has 1 aromatic rings. The Hall–Kier alpha value is 0.380. The lowest BCUT2D eigenvalue weighted by atomic mass is 10.2. The highest BCUT2D eigenvalue weighted by atomic mass is 79.9. The van der Waals surface area contributed by atoms with Crippen LogP contribution in [-0.2, 0) is 0 Å². The second kappa shape index (κ2) is 5.63. The molecule has 1 aromatic heterocycles. The summed E-state index contributed by atoms with van der Waals surface area (Å²) in [6, 6.07) is 1.99. The molecular formula is C9H13BrN2OS2. The minimum Gasteiger partial charge on any atom is -0.466 e. The van der Waals surface area contributed by atoms with Crippen molar-refractivity contribution in [2.45, 2.75) is 11.3 Å². The van der Waals surface area contributed by atoms with Gasteiger partial charge in [-0.15, -0.1) is 0 Å². The third kappa shape index (κ3) is 2.74. The molecule has 0 bridgehead atoms. The molecule has 2 heterocycles. The van der Waals surface area contributed by atoms with Crippen molar-refractivity contribution in [1.82, 2.24) is 5.43 Å². The molecule has 84 valence electrons. The van der Waals surface area contributed by atoms with Crippen LogP contribution in [0.25, 0.3) is 0 Å². The Labute approximate surface area is 106 Å². The van der Waals surface area contributed by atoms with Crippen molar-refractivity contribution in [3.8, 4) is 0 Å². The van der Waals surface area contributed by atoms with E-state index in [9.17, 15) is 0 Å². The SMILES string of the molecule is NNC(c1occc1Br)C1CSCCS1. The van der Waals surface area contributed by atoms with Crippen LogP contribution in [-0.4, -0.2) is 22.5 Å². The molecule has 3 nitrogen and oxygen atoms in total. The third-order valence-electron chi connectivity index (χ3n) is 2.32. The van der Waals surface area contributed by atoms with Crippen LogP contribution in [0, 0.1) is 0 Å². The van der Waals surface area contributed by atoms with Crippen molar-refractivity contribution < 1.29 is 4.42 Å². The maximum absolute atomic E-state index is 5.61. The largest absolute Gasteiger partial charge is 0.466 e. The highest BCUT2D eigenvalue weighted by Crippen LogP contribution is 2.36. The highest BCUT2D eigenvalue weighted by molar-refractivity contribution is 9.10. The van der Waals surface area contributed by atoms with Gasteiger partial charge in [0.1, 0.15) is 5.76 Å². The van der Waals surface area contributed by atoms with Crippen molar-refractivity contribution >= 4 is 39.5 Å². The van der Waals surface area contributed by atoms with Crippen LogP contribution in [0.5, 0.6) is 0 Å². The van der Waals surface area contributed by atoms with E-state index in [2.05, 4.69) is 21.4 Å². The molecule has 0 amide bonds. The molecule has 1 saturated heterocycles. The minimum absolute atomic E-state index is 0.0900. The van der Waals surface area contributed by atoms with E-state index in [-0.39, 0.29) is 6.04 Å². The van der Waals surface area contributed by atoms with Gasteiger partial charge >= 0.3 is 0 Å². The fourth-order valence-corrected chi connectivity index (χ4v) is 4.84. The summed E-state index contributed by atoms with van der Waals surface area (Å²) in [6.45, 7) is 0. The van der Waals surface area contributed by atoms with E-state index in [1.165, 1.54) is 11.5 Å². The molecule has 2 rings (SSSR count). The molecule has 2 atom stereocenters. The lowest BCUT2D eigenvalue weighted by Gasteiger charge is -2.27. The number of hydrogen-bond donors (Lipinski definition) is 2. The Bertz CT molecular complexity index is 315. The zero-order valence-electron chi connectivity index (χ0n) is 8.11. The van der Waals surface area contributed by atoms with E-state index in [0.717, 1.165) is 16.0 Å². The van der Waals surface area contributed by atoms with Gasteiger partial charge in [0.05, 0.1) is 16.8 Å². The summed E-state index contributed by atoms with van der Waals surface area (Å²) in [6.07, 6.45) is 1.68. The van der Waals surface area contributed by atoms with Crippen LogP contribution in [0.15, 0.2) is 21.2 Å². The molecule has 0 aliphatic carbocycles. The number of thioether (sulfide) groups is 2. The molecule has 3 N–H and O–H groups in total. The highest BCUT2D eigenvalue weighted by Gasteiger charge is 2.28. The van der Waals surface area contributed by atoms with Gasteiger partial charge in [-0.05, 0) is 22.0 Å². The maximum atomic E-state index is 5.61. The van der Waals surface area contributed by atoms with Crippen LogP contribution in [0.3, 0.4) is 0 Å². The van der Waals surface area contributed by atoms with Crippen molar-refractivity contribution in [3.05, 3.63) is 22.6 Å². The standard InChI is InChI=1S/C9H13BrN2OS2/c10-6-1-2-13-9(6)8(12-11)7-5-14-3-4-15-7/h1-2,7-8,12H,3-5,11H2. The lowest BCUT2D eigenvalue weighted by Crippen LogP contribution is -2.37. The Morgan fingerprint density at radius 3 is 3.00 bits per heavy atom. The summed E-state index contributed by atoms with van der Waals surface area (Å²) in [7, 11) is 0. The van der Waals surface area contributed by atoms with Gasteiger partial charge in [-0.25, -0.2) is 5.43 Å². The fourth-order valence-electron chi connectivity index (χ4n) is 1.58. The fraction of sp³-hybridized carbons (Fsp3) is 0.556. The number of hydrazine groups is 1. The molecule has 0 spiro atoms. The minimum atomic E-state index is 0.0900. The van der Waals surface area contributed by atoms with E-state index < -0.39 is 0 Å². The molecule has 1 fully saturated rings. The van der Waals surface area contributed by atoms with Crippen LogP contribution in [0.4, 0.5) is 0 Å². The molecular weight excluding hydrogens is 296 g/mol. The lowest BCUT2D eigenvalue weighted by molar-refractivity contribution is 0.415. The zero-order chi connectivity index (χ0) is 10.7. The summed E-state index contributed by atoms with van der Waals surface area (Å²) in [4.78, 5) is 0. The number of furan rings is 1.